The average Bonchev–Trinajstić information content (AvgIpc) is 3.05. The first kappa shape index (κ1) is 37.1. The van der Waals surface area contributed by atoms with Crippen LogP contribution >= 0.6 is 0 Å². The lowest BCUT2D eigenvalue weighted by Gasteiger charge is -2.45. The van der Waals surface area contributed by atoms with Crippen molar-refractivity contribution < 1.29 is 0 Å². The largest absolute Gasteiger partial charge is 0.311 e. The quantitative estimate of drug-likeness (QED) is 0.166. The average molecular weight is 701 g/mol. The summed E-state index contributed by atoms with van der Waals surface area (Å²) in [5.74, 6) is 0. The van der Waals surface area contributed by atoms with Crippen LogP contribution in [-0.4, -0.2) is 6.71 Å². The molecule has 0 N–H and O–H groups in total. The highest BCUT2D eigenvalue weighted by Crippen LogP contribution is 2.47. The van der Waals surface area contributed by atoms with Gasteiger partial charge in [-0.25, -0.2) is 0 Å². The van der Waals surface area contributed by atoms with Gasteiger partial charge in [0.05, 0.1) is 0 Å². The topological polar surface area (TPSA) is 6.48 Å². The highest BCUT2D eigenvalue weighted by atomic mass is 15.2. The van der Waals surface area contributed by atoms with Crippen LogP contribution in [0.15, 0.2) is 97.1 Å². The Labute approximate surface area is 321 Å². The van der Waals surface area contributed by atoms with E-state index in [0.717, 1.165) is 0 Å². The van der Waals surface area contributed by atoms with Gasteiger partial charge in [-0.3, -0.25) is 0 Å². The van der Waals surface area contributed by atoms with Crippen LogP contribution in [0.2, 0.25) is 0 Å². The van der Waals surface area contributed by atoms with Gasteiger partial charge in [0.1, 0.15) is 0 Å². The normalized spacial score (nSPS) is 14.6. The second-order valence-corrected chi connectivity index (χ2v) is 20.9. The van der Waals surface area contributed by atoms with Crippen LogP contribution in [0.1, 0.15) is 132 Å². The Balaban J connectivity index is 1.60. The van der Waals surface area contributed by atoms with Crippen molar-refractivity contribution in [2.45, 2.75) is 131 Å². The lowest BCUT2D eigenvalue weighted by Crippen LogP contribution is -2.61. The zero-order valence-electron chi connectivity index (χ0n) is 35.2. The SMILES string of the molecule is CC(C)(C)c1ccc(N2c3cc(C(C)(C)C)ccc3B3c4ccc(C(C)(C)C)cc4N(c4ccc(C(C)(C)C)cc4)c4cc(C(C)(C)C)cc2c43)cc1. The molecule has 0 fully saturated rings. The number of rotatable bonds is 2. The summed E-state index contributed by atoms with van der Waals surface area (Å²) in [5, 5.41) is 0. The Bertz CT molecular complexity index is 2040. The molecule has 5 aromatic rings. The third-order valence-corrected chi connectivity index (χ3v) is 11.7. The summed E-state index contributed by atoms with van der Waals surface area (Å²) in [5.41, 5.74) is 18.5. The van der Waals surface area contributed by atoms with E-state index >= 15 is 0 Å². The fourth-order valence-electron chi connectivity index (χ4n) is 8.13. The van der Waals surface area contributed by atoms with Gasteiger partial charge in [-0.2, -0.15) is 0 Å². The maximum absolute atomic E-state index is 2.58. The summed E-state index contributed by atoms with van der Waals surface area (Å²) in [6.07, 6.45) is 0. The molecule has 2 aliphatic rings. The smallest absolute Gasteiger partial charge is 0.252 e. The summed E-state index contributed by atoms with van der Waals surface area (Å²) < 4.78 is 0. The summed E-state index contributed by atoms with van der Waals surface area (Å²) in [6, 6.07) is 38.4. The highest BCUT2D eigenvalue weighted by Gasteiger charge is 2.44. The van der Waals surface area contributed by atoms with E-state index in [1.165, 1.54) is 78.3 Å². The van der Waals surface area contributed by atoms with Crippen molar-refractivity contribution in [1.82, 2.24) is 0 Å². The van der Waals surface area contributed by atoms with Crippen LogP contribution in [0.3, 0.4) is 0 Å². The molecule has 0 radical (unpaired) electrons. The van der Waals surface area contributed by atoms with E-state index in [1.807, 2.05) is 0 Å². The highest BCUT2D eigenvalue weighted by molar-refractivity contribution is 7.00. The fourth-order valence-corrected chi connectivity index (χ4v) is 8.13. The molecule has 53 heavy (non-hydrogen) atoms. The minimum Gasteiger partial charge on any atom is -0.311 e. The molecule has 5 aromatic carbocycles. The predicted molar refractivity (Wildman–Crippen MR) is 234 cm³/mol. The monoisotopic (exact) mass is 700 g/mol. The maximum Gasteiger partial charge on any atom is 0.252 e. The van der Waals surface area contributed by atoms with Gasteiger partial charge in [-0.1, -0.05) is 152 Å². The number of fused-ring (bicyclic) bond motifs is 4. The molecule has 2 heterocycles. The fraction of sp³-hybridized carbons (Fsp3) is 0.400. The molecule has 2 nitrogen and oxygen atoms in total. The van der Waals surface area contributed by atoms with Crippen molar-refractivity contribution in [2.24, 2.45) is 0 Å². The molecule has 2 aliphatic heterocycles. The molecule has 3 heteroatoms. The van der Waals surface area contributed by atoms with Gasteiger partial charge in [-0.15, -0.1) is 0 Å². The first-order chi connectivity index (χ1) is 24.4. The van der Waals surface area contributed by atoms with Crippen molar-refractivity contribution in [3.8, 4) is 0 Å². The zero-order valence-corrected chi connectivity index (χ0v) is 35.2. The Morgan fingerprint density at radius 2 is 0.604 bits per heavy atom. The van der Waals surface area contributed by atoms with Crippen molar-refractivity contribution >= 4 is 57.2 Å². The molecule has 0 aromatic heterocycles. The summed E-state index contributed by atoms with van der Waals surface area (Å²) in [6.45, 7) is 34.9. The lowest BCUT2D eigenvalue weighted by atomic mass is 9.33. The molecule has 0 aliphatic carbocycles. The maximum atomic E-state index is 2.58. The van der Waals surface area contributed by atoms with Crippen LogP contribution in [0.5, 0.6) is 0 Å². The van der Waals surface area contributed by atoms with Crippen LogP contribution in [0, 0.1) is 0 Å². The molecule has 0 amide bonds. The van der Waals surface area contributed by atoms with Gasteiger partial charge in [0.25, 0.3) is 6.71 Å². The third kappa shape index (κ3) is 6.53. The molecule has 0 spiro atoms. The standard InChI is InChI=1S/C50H61BN2/c1-46(2,3)32-16-22-37(23-17-32)52-41-28-34(48(7,8)9)20-26-39(41)51-40-27-21-35(49(10,11)12)29-42(40)53(38-24-18-33(19-25-38)47(4,5)6)44-31-36(50(13,14)15)30-43(52)45(44)51/h16-31H,1-15H3. The Kier molecular flexibility index (Phi) is 8.50. The first-order valence-corrected chi connectivity index (χ1v) is 19.7. The summed E-state index contributed by atoms with van der Waals surface area (Å²) in [7, 11) is 0. The summed E-state index contributed by atoms with van der Waals surface area (Å²) >= 11 is 0. The molecular weight excluding hydrogens is 639 g/mol. The molecule has 0 atom stereocenters. The van der Waals surface area contributed by atoms with E-state index in [-0.39, 0.29) is 33.8 Å². The van der Waals surface area contributed by atoms with Crippen molar-refractivity contribution in [2.75, 3.05) is 9.80 Å². The van der Waals surface area contributed by atoms with Gasteiger partial charge in [-0.05, 0) is 120 Å². The van der Waals surface area contributed by atoms with E-state index < -0.39 is 0 Å². The second kappa shape index (κ2) is 12.1. The third-order valence-electron chi connectivity index (χ3n) is 11.7. The van der Waals surface area contributed by atoms with Crippen molar-refractivity contribution in [1.29, 1.82) is 0 Å². The Morgan fingerprint density at radius 1 is 0.321 bits per heavy atom. The molecule has 0 saturated carbocycles. The van der Waals surface area contributed by atoms with Crippen LogP contribution in [-0.2, 0) is 27.1 Å². The van der Waals surface area contributed by atoms with Gasteiger partial charge in [0.2, 0.25) is 0 Å². The molecular formula is C50H61BN2. The van der Waals surface area contributed by atoms with Gasteiger partial charge < -0.3 is 9.80 Å². The number of anilines is 6. The minimum atomic E-state index is -0.0639. The lowest BCUT2D eigenvalue weighted by molar-refractivity contribution is 0.589. The number of hydrogen-bond donors (Lipinski definition) is 0. The first-order valence-electron chi connectivity index (χ1n) is 19.7. The molecule has 0 bridgehead atoms. The predicted octanol–water partition coefficient (Wildman–Crippen LogP) is 12.3. The van der Waals surface area contributed by atoms with Crippen LogP contribution in [0.4, 0.5) is 34.1 Å². The second-order valence-electron chi connectivity index (χ2n) is 20.9. The Morgan fingerprint density at radius 3 is 0.906 bits per heavy atom. The number of nitrogens with zero attached hydrogens (tertiary/aromatic N) is 2. The molecule has 274 valence electrons. The van der Waals surface area contributed by atoms with E-state index in [4.69, 9.17) is 0 Å². The molecule has 0 unspecified atom stereocenters. The van der Waals surface area contributed by atoms with Gasteiger partial charge in [0, 0.05) is 34.1 Å². The van der Waals surface area contributed by atoms with Crippen LogP contribution < -0.4 is 26.2 Å². The number of hydrogen-bond acceptors (Lipinski definition) is 2. The minimum absolute atomic E-state index is 0.0115. The van der Waals surface area contributed by atoms with Gasteiger partial charge in [0.15, 0.2) is 0 Å². The van der Waals surface area contributed by atoms with Crippen LogP contribution in [0.25, 0.3) is 0 Å². The molecule has 0 saturated heterocycles. The van der Waals surface area contributed by atoms with Crippen molar-refractivity contribution in [3.05, 3.63) is 125 Å². The zero-order chi connectivity index (χ0) is 38.6. The van der Waals surface area contributed by atoms with E-state index in [0.29, 0.717) is 0 Å². The Hall–Kier alpha value is -4.24. The molecule has 7 rings (SSSR count). The van der Waals surface area contributed by atoms with E-state index in [1.54, 1.807) is 0 Å². The van der Waals surface area contributed by atoms with E-state index in [2.05, 4.69) is 211 Å². The van der Waals surface area contributed by atoms with E-state index in [9.17, 15) is 0 Å². The van der Waals surface area contributed by atoms with Crippen molar-refractivity contribution in [3.63, 3.8) is 0 Å². The number of benzene rings is 5. The van der Waals surface area contributed by atoms with Gasteiger partial charge >= 0.3 is 0 Å². The summed E-state index contributed by atoms with van der Waals surface area (Å²) in [4.78, 5) is 5.16.